The third kappa shape index (κ3) is 5.53. The zero-order valence-electron chi connectivity index (χ0n) is 13.8. The minimum atomic E-state index is -0.481. The number of carbonyl (C=O) groups is 2. The summed E-state index contributed by atoms with van der Waals surface area (Å²) in [6.45, 7) is 7.43. The van der Waals surface area contributed by atoms with Crippen LogP contribution >= 0.6 is 15.9 Å². The summed E-state index contributed by atoms with van der Waals surface area (Å²) in [6.07, 6.45) is 0.596. The van der Waals surface area contributed by atoms with Crippen molar-refractivity contribution < 1.29 is 14.3 Å². The summed E-state index contributed by atoms with van der Waals surface area (Å²) in [5.74, 6) is 0.176. The molecule has 1 aromatic carbocycles. The molecule has 1 N–H and O–H groups in total. The first-order valence-electron chi connectivity index (χ1n) is 7.76. The number of nitrogens with zero attached hydrogens (tertiary/aromatic N) is 1. The third-order valence-electron chi connectivity index (χ3n) is 3.60. The molecule has 23 heavy (non-hydrogen) atoms. The van der Waals surface area contributed by atoms with Crippen LogP contribution in [0, 0.1) is 5.92 Å². The predicted molar refractivity (Wildman–Crippen MR) is 92.4 cm³/mol. The number of likely N-dealkylation sites (tertiary alicyclic amines) is 1. The molecule has 1 fully saturated rings. The molecule has 1 aromatic rings. The van der Waals surface area contributed by atoms with Crippen molar-refractivity contribution in [2.75, 3.05) is 19.6 Å². The van der Waals surface area contributed by atoms with E-state index in [1.807, 2.05) is 32.9 Å². The Bertz CT molecular complexity index is 566. The van der Waals surface area contributed by atoms with Crippen LogP contribution in [0.5, 0.6) is 0 Å². The minimum Gasteiger partial charge on any atom is -0.444 e. The van der Waals surface area contributed by atoms with E-state index in [1.165, 1.54) is 0 Å². The molecule has 0 saturated carbocycles. The summed E-state index contributed by atoms with van der Waals surface area (Å²) >= 11 is 3.35. The van der Waals surface area contributed by atoms with Crippen molar-refractivity contribution in [3.05, 3.63) is 34.3 Å². The van der Waals surface area contributed by atoms with Gasteiger partial charge in [0.1, 0.15) is 5.60 Å². The molecule has 1 atom stereocenters. The number of halogens is 1. The molecule has 1 aliphatic heterocycles. The van der Waals surface area contributed by atoms with E-state index in [4.69, 9.17) is 4.74 Å². The van der Waals surface area contributed by atoms with Crippen molar-refractivity contribution in [2.45, 2.75) is 32.8 Å². The average Bonchev–Trinajstić information content (AvgIpc) is 2.93. The molecule has 5 nitrogen and oxygen atoms in total. The molecule has 6 heteroatoms. The smallest absolute Gasteiger partial charge is 0.410 e. The van der Waals surface area contributed by atoms with Crippen LogP contribution in [0.3, 0.4) is 0 Å². The first-order chi connectivity index (χ1) is 10.7. The molecular weight excluding hydrogens is 360 g/mol. The van der Waals surface area contributed by atoms with Gasteiger partial charge >= 0.3 is 6.09 Å². The highest BCUT2D eigenvalue weighted by atomic mass is 79.9. The van der Waals surface area contributed by atoms with Gasteiger partial charge in [-0.3, -0.25) is 4.79 Å². The zero-order chi connectivity index (χ0) is 17.0. The molecule has 0 spiro atoms. The average molecular weight is 383 g/mol. The number of amides is 2. The van der Waals surface area contributed by atoms with Gasteiger partial charge < -0.3 is 15.0 Å². The normalized spacial score (nSPS) is 17.9. The Morgan fingerprint density at radius 3 is 2.57 bits per heavy atom. The predicted octanol–water partition coefficient (Wildman–Crippen LogP) is 3.44. The molecule has 0 radical (unpaired) electrons. The fraction of sp³-hybridized carbons (Fsp3) is 0.529. The number of hydrogen-bond donors (Lipinski definition) is 1. The summed E-state index contributed by atoms with van der Waals surface area (Å²) < 4.78 is 6.31. The van der Waals surface area contributed by atoms with E-state index >= 15 is 0 Å². The van der Waals surface area contributed by atoms with Crippen LogP contribution in [0.25, 0.3) is 0 Å². The van der Waals surface area contributed by atoms with E-state index < -0.39 is 5.60 Å². The molecule has 0 bridgehead atoms. The first-order valence-corrected chi connectivity index (χ1v) is 8.55. The molecule has 0 aromatic heterocycles. The number of carbonyl (C=O) groups excluding carboxylic acids is 2. The van der Waals surface area contributed by atoms with Gasteiger partial charge in [-0.05, 0) is 57.4 Å². The van der Waals surface area contributed by atoms with Gasteiger partial charge in [0.05, 0.1) is 0 Å². The SMILES string of the molecule is CC(C)(C)OC(=O)N1CC[C@@H](CNC(=O)c2ccc(Br)cc2)C1. The quantitative estimate of drug-likeness (QED) is 0.870. The number of nitrogens with one attached hydrogen (secondary N) is 1. The van der Waals surface area contributed by atoms with Crippen molar-refractivity contribution in [1.29, 1.82) is 0 Å². The Morgan fingerprint density at radius 1 is 1.30 bits per heavy atom. The van der Waals surface area contributed by atoms with Gasteiger partial charge in [-0.1, -0.05) is 15.9 Å². The third-order valence-corrected chi connectivity index (χ3v) is 4.12. The minimum absolute atomic E-state index is 0.0896. The Hall–Kier alpha value is -1.56. The monoisotopic (exact) mass is 382 g/mol. The van der Waals surface area contributed by atoms with Gasteiger partial charge in [0.25, 0.3) is 5.91 Å². The second kappa shape index (κ2) is 7.34. The van der Waals surface area contributed by atoms with E-state index in [9.17, 15) is 9.59 Å². The molecule has 1 heterocycles. The van der Waals surface area contributed by atoms with Gasteiger partial charge in [0.2, 0.25) is 0 Å². The van der Waals surface area contributed by atoms with E-state index in [-0.39, 0.29) is 17.9 Å². The highest BCUT2D eigenvalue weighted by Gasteiger charge is 2.29. The van der Waals surface area contributed by atoms with E-state index in [1.54, 1.807) is 17.0 Å². The summed E-state index contributed by atoms with van der Waals surface area (Å²) in [5.41, 5.74) is 0.153. The van der Waals surface area contributed by atoms with Crippen LogP contribution in [0.15, 0.2) is 28.7 Å². The van der Waals surface area contributed by atoms with Gasteiger partial charge in [0, 0.05) is 29.7 Å². The number of rotatable bonds is 3. The summed E-state index contributed by atoms with van der Waals surface area (Å²) in [6, 6.07) is 7.24. The maximum Gasteiger partial charge on any atom is 0.410 e. The molecule has 0 unspecified atom stereocenters. The van der Waals surface area contributed by atoms with Crippen molar-refractivity contribution in [3.63, 3.8) is 0 Å². The van der Waals surface area contributed by atoms with Crippen molar-refractivity contribution in [1.82, 2.24) is 10.2 Å². The largest absolute Gasteiger partial charge is 0.444 e. The summed E-state index contributed by atoms with van der Waals surface area (Å²) in [5, 5.41) is 2.94. The Labute approximate surface area is 145 Å². The lowest BCUT2D eigenvalue weighted by molar-refractivity contribution is 0.0288. The maximum atomic E-state index is 12.1. The fourth-order valence-electron chi connectivity index (χ4n) is 2.43. The maximum absolute atomic E-state index is 12.1. The second-order valence-corrected chi connectivity index (χ2v) is 7.71. The standard InChI is InChI=1S/C17H23BrN2O3/c1-17(2,3)23-16(22)20-9-8-12(11-20)10-19-15(21)13-4-6-14(18)7-5-13/h4-7,12H,8-11H2,1-3H3,(H,19,21)/t12-/m0/s1. The van der Waals surface area contributed by atoms with Crippen LogP contribution in [-0.4, -0.2) is 42.1 Å². The van der Waals surface area contributed by atoms with Crippen molar-refractivity contribution >= 4 is 27.9 Å². The lowest BCUT2D eigenvalue weighted by atomic mass is 10.1. The highest BCUT2D eigenvalue weighted by Crippen LogP contribution is 2.19. The van der Waals surface area contributed by atoms with E-state index in [2.05, 4.69) is 21.2 Å². The number of hydrogen-bond acceptors (Lipinski definition) is 3. The molecule has 1 saturated heterocycles. The summed E-state index contributed by atoms with van der Waals surface area (Å²) in [4.78, 5) is 25.8. The highest BCUT2D eigenvalue weighted by molar-refractivity contribution is 9.10. The molecule has 0 aliphatic carbocycles. The number of ether oxygens (including phenoxy) is 1. The van der Waals surface area contributed by atoms with Gasteiger partial charge in [-0.25, -0.2) is 4.79 Å². The molecule has 126 valence electrons. The van der Waals surface area contributed by atoms with E-state index in [0.29, 0.717) is 25.2 Å². The van der Waals surface area contributed by atoms with Crippen LogP contribution in [0.2, 0.25) is 0 Å². The molecule has 2 rings (SSSR count). The lowest BCUT2D eigenvalue weighted by Crippen LogP contribution is -2.36. The molecular formula is C17H23BrN2O3. The van der Waals surface area contributed by atoms with Gasteiger partial charge in [0.15, 0.2) is 0 Å². The fourth-order valence-corrected chi connectivity index (χ4v) is 2.70. The van der Waals surface area contributed by atoms with Crippen LogP contribution in [-0.2, 0) is 4.74 Å². The van der Waals surface area contributed by atoms with Crippen LogP contribution in [0.4, 0.5) is 4.79 Å². The molecule has 2 amide bonds. The van der Waals surface area contributed by atoms with Crippen molar-refractivity contribution in [2.24, 2.45) is 5.92 Å². The van der Waals surface area contributed by atoms with E-state index in [0.717, 1.165) is 10.9 Å². The first kappa shape index (κ1) is 17.8. The van der Waals surface area contributed by atoms with Gasteiger partial charge in [-0.15, -0.1) is 0 Å². The number of benzene rings is 1. The van der Waals surface area contributed by atoms with Crippen molar-refractivity contribution in [3.8, 4) is 0 Å². The van der Waals surface area contributed by atoms with Crippen LogP contribution in [0.1, 0.15) is 37.6 Å². The Balaban J connectivity index is 1.78. The van der Waals surface area contributed by atoms with Gasteiger partial charge in [-0.2, -0.15) is 0 Å². The second-order valence-electron chi connectivity index (χ2n) is 6.80. The Morgan fingerprint density at radius 2 is 1.96 bits per heavy atom. The van der Waals surface area contributed by atoms with Crippen LogP contribution < -0.4 is 5.32 Å². The summed E-state index contributed by atoms with van der Waals surface area (Å²) in [7, 11) is 0. The molecule has 1 aliphatic rings. The zero-order valence-corrected chi connectivity index (χ0v) is 15.4. The Kier molecular flexibility index (Phi) is 5.68. The topological polar surface area (TPSA) is 58.6 Å². The lowest BCUT2D eigenvalue weighted by Gasteiger charge is -2.24.